The zero-order chi connectivity index (χ0) is 15.4. The van der Waals surface area contributed by atoms with E-state index in [0.29, 0.717) is 12.3 Å². The monoisotopic (exact) mass is 283 g/mol. The summed E-state index contributed by atoms with van der Waals surface area (Å²) >= 11 is 0. The smallest absolute Gasteiger partial charge is 0.222 e. The summed E-state index contributed by atoms with van der Waals surface area (Å²) in [5.41, 5.74) is 13.8. The highest BCUT2D eigenvalue weighted by molar-refractivity contribution is 5.75. The molecule has 0 bridgehead atoms. The second-order valence-electron chi connectivity index (χ2n) is 4.82. The van der Waals surface area contributed by atoms with Gasteiger partial charge in [0.05, 0.1) is 18.4 Å². The Morgan fingerprint density at radius 1 is 1.24 bits per heavy atom. The van der Waals surface area contributed by atoms with Gasteiger partial charge in [0, 0.05) is 5.56 Å². The van der Waals surface area contributed by atoms with Crippen LogP contribution in [0.1, 0.15) is 25.0 Å². The lowest BCUT2D eigenvalue weighted by Gasteiger charge is -2.13. The summed E-state index contributed by atoms with van der Waals surface area (Å²) in [6.07, 6.45) is 0.106. The summed E-state index contributed by atoms with van der Waals surface area (Å²) in [6.45, 7) is 4.34. The molecule has 0 atom stereocenters. The van der Waals surface area contributed by atoms with Crippen LogP contribution in [0.2, 0.25) is 0 Å². The second kappa shape index (κ2) is 6.20. The summed E-state index contributed by atoms with van der Waals surface area (Å²) in [6, 6.07) is 9.59. The van der Waals surface area contributed by atoms with E-state index in [1.54, 1.807) is 0 Å². The fraction of sp³-hybridized carbons (Fsp3) is 0.267. The Labute approximate surface area is 123 Å². The predicted octanol–water partition coefficient (Wildman–Crippen LogP) is 2.10. The zero-order valence-corrected chi connectivity index (χ0v) is 12.0. The lowest BCUT2D eigenvalue weighted by Crippen LogP contribution is -2.07. The number of nitrogens with two attached hydrogens (primary N) is 2. The molecule has 1 aromatic heterocycles. The fourth-order valence-corrected chi connectivity index (χ4v) is 1.93. The normalized spacial score (nSPS) is 10.6. The van der Waals surface area contributed by atoms with Crippen LogP contribution in [0.4, 0.5) is 11.8 Å². The Hall–Kier alpha value is -2.65. The molecule has 0 saturated carbocycles. The predicted molar refractivity (Wildman–Crippen MR) is 80.9 cm³/mol. The largest absolute Gasteiger partial charge is 0.382 e. The Morgan fingerprint density at radius 2 is 1.95 bits per heavy atom. The first-order chi connectivity index (χ1) is 10.0. The number of benzene rings is 1. The van der Waals surface area contributed by atoms with E-state index in [1.807, 2.05) is 44.2 Å². The van der Waals surface area contributed by atoms with Crippen LogP contribution >= 0.6 is 0 Å². The summed E-state index contributed by atoms with van der Waals surface area (Å²) in [4.78, 5) is 8.00. The number of ether oxygens (including phenoxy) is 1. The van der Waals surface area contributed by atoms with Gasteiger partial charge in [-0.15, -0.1) is 0 Å². The van der Waals surface area contributed by atoms with Crippen LogP contribution in [-0.4, -0.2) is 16.1 Å². The molecule has 1 heterocycles. The van der Waals surface area contributed by atoms with Gasteiger partial charge in [-0.05, 0) is 19.4 Å². The van der Waals surface area contributed by atoms with E-state index >= 15 is 0 Å². The van der Waals surface area contributed by atoms with E-state index in [0.717, 1.165) is 11.1 Å². The molecule has 21 heavy (non-hydrogen) atoms. The fourth-order valence-electron chi connectivity index (χ4n) is 1.93. The Balaban J connectivity index is 2.55. The van der Waals surface area contributed by atoms with E-state index in [4.69, 9.17) is 16.2 Å². The van der Waals surface area contributed by atoms with E-state index in [9.17, 15) is 5.26 Å². The van der Waals surface area contributed by atoms with Crippen LogP contribution in [-0.2, 0) is 11.3 Å². The highest BCUT2D eigenvalue weighted by Crippen LogP contribution is 2.28. The molecule has 6 heteroatoms. The minimum Gasteiger partial charge on any atom is -0.382 e. The summed E-state index contributed by atoms with van der Waals surface area (Å²) in [5.74, 6) is 0.126. The molecule has 108 valence electrons. The van der Waals surface area contributed by atoms with Crippen LogP contribution in [0.15, 0.2) is 24.3 Å². The number of rotatable bonds is 4. The summed E-state index contributed by atoms with van der Waals surface area (Å²) in [5, 5.41) is 9.28. The van der Waals surface area contributed by atoms with Gasteiger partial charge >= 0.3 is 0 Å². The van der Waals surface area contributed by atoms with E-state index in [-0.39, 0.29) is 23.4 Å². The van der Waals surface area contributed by atoms with Gasteiger partial charge in [0.2, 0.25) is 5.95 Å². The number of anilines is 2. The van der Waals surface area contributed by atoms with Gasteiger partial charge in [0.15, 0.2) is 0 Å². The van der Waals surface area contributed by atoms with Crippen molar-refractivity contribution < 1.29 is 4.74 Å². The van der Waals surface area contributed by atoms with E-state index in [1.165, 1.54) is 0 Å². The molecule has 0 radical (unpaired) electrons. The van der Waals surface area contributed by atoms with Gasteiger partial charge in [0.25, 0.3) is 0 Å². The van der Waals surface area contributed by atoms with Crippen molar-refractivity contribution in [1.29, 1.82) is 5.26 Å². The molecule has 0 fully saturated rings. The van der Waals surface area contributed by atoms with Gasteiger partial charge < -0.3 is 16.2 Å². The van der Waals surface area contributed by atoms with E-state index in [2.05, 4.69) is 9.97 Å². The standard InChI is InChI=1S/C15H17N5O/c1-9(2)21-8-10-5-3-4-6-11(10)13-12(7-16)14(17)20-15(18)19-13/h3-6,9H,8H2,1-2H3,(H4,17,18,19,20). The van der Waals surface area contributed by atoms with Gasteiger partial charge in [0.1, 0.15) is 17.5 Å². The van der Waals surface area contributed by atoms with Crippen LogP contribution in [0.3, 0.4) is 0 Å². The van der Waals surface area contributed by atoms with Crippen LogP contribution in [0.25, 0.3) is 11.3 Å². The molecule has 0 aliphatic rings. The molecule has 4 N–H and O–H groups in total. The Morgan fingerprint density at radius 3 is 2.62 bits per heavy atom. The molecule has 2 rings (SSSR count). The minimum atomic E-state index is 0.0427. The van der Waals surface area contributed by atoms with Crippen molar-refractivity contribution >= 4 is 11.8 Å². The van der Waals surface area contributed by atoms with Crippen LogP contribution < -0.4 is 11.5 Å². The first-order valence-corrected chi connectivity index (χ1v) is 6.56. The molecule has 2 aromatic rings. The molecule has 0 aliphatic carbocycles. The second-order valence-corrected chi connectivity index (χ2v) is 4.82. The number of hydrogen-bond donors (Lipinski definition) is 2. The molecular weight excluding hydrogens is 266 g/mol. The maximum Gasteiger partial charge on any atom is 0.222 e. The third-order valence-electron chi connectivity index (χ3n) is 2.91. The lowest BCUT2D eigenvalue weighted by atomic mass is 10.0. The SMILES string of the molecule is CC(C)OCc1ccccc1-c1nc(N)nc(N)c1C#N. The summed E-state index contributed by atoms with van der Waals surface area (Å²) in [7, 11) is 0. The van der Waals surface area contributed by atoms with Crippen LogP contribution in [0, 0.1) is 11.3 Å². The molecular formula is C15H17N5O. The average Bonchev–Trinajstić information content (AvgIpc) is 2.44. The van der Waals surface area contributed by atoms with Crippen molar-refractivity contribution in [3.8, 4) is 17.3 Å². The molecule has 1 aromatic carbocycles. The zero-order valence-electron chi connectivity index (χ0n) is 12.0. The molecule has 0 aliphatic heterocycles. The first-order valence-electron chi connectivity index (χ1n) is 6.56. The van der Waals surface area contributed by atoms with Crippen molar-refractivity contribution in [1.82, 2.24) is 9.97 Å². The van der Waals surface area contributed by atoms with Gasteiger partial charge in [-0.2, -0.15) is 10.2 Å². The number of nitrogen functional groups attached to an aromatic ring is 2. The number of nitriles is 1. The molecule has 0 amide bonds. The highest BCUT2D eigenvalue weighted by atomic mass is 16.5. The van der Waals surface area contributed by atoms with Crippen molar-refractivity contribution in [3.05, 3.63) is 35.4 Å². The third kappa shape index (κ3) is 3.27. The molecule has 0 saturated heterocycles. The minimum absolute atomic E-state index is 0.0427. The maximum absolute atomic E-state index is 9.28. The Bertz CT molecular complexity index is 691. The van der Waals surface area contributed by atoms with E-state index < -0.39 is 0 Å². The average molecular weight is 283 g/mol. The van der Waals surface area contributed by atoms with Gasteiger partial charge in [-0.25, -0.2) is 4.98 Å². The molecule has 0 unspecified atom stereocenters. The van der Waals surface area contributed by atoms with Crippen molar-refractivity contribution in [2.24, 2.45) is 0 Å². The van der Waals surface area contributed by atoms with Gasteiger partial charge in [-0.3, -0.25) is 0 Å². The number of hydrogen-bond acceptors (Lipinski definition) is 6. The van der Waals surface area contributed by atoms with Crippen molar-refractivity contribution in [3.63, 3.8) is 0 Å². The number of aromatic nitrogens is 2. The van der Waals surface area contributed by atoms with Gasteiger partial charge in [-0.1, -0.05) is 24.3 Å². The number of nitrogens with zero attached hydrogens (tertiary/aromatic N) is 3. The van der Waals surface area contributed by atoms with Crippen molar-refractivity contribution in [2.75, 3.05) is 11.5 Å². The summed E-state index contributed by atoms with van der Waals surface area (Å²) < 4.78 is 5.64. The first kappa shape index (κ1) is 14.8. The quantitative estimate of drug-likeness (QED) is 0.888. The highest BCUT2D eigenvalue weighted by Gasteiger charge is 2.16. The lowest BCUT2D eigenvalue weighted by molar-refractivity contribution is 0.0659. The molecule has 0 spiro atoms. The third-order valence-corrected chi connectivity index (χ3v) is 2.91. The van der Waals surface area contributed by atoms with Crippen LogP contribution in [0.5, 0.6) is 0 Å². The van der Waals surface area contributed by atoms with Crippen molar-refractivity contribution in [2.45, 2.75) is 26.6 Å². The Kier molecular flexibility index (Phi) is 4.36. The maximum atomic E-state index is 9.28. The molecule has 6 nitrogen and oxygen atoms in total. The topological polar surface area (TPSA) is 111 Å².